The Hall–Kier alpha value is -0.120. The molecule has 2 heterocycles. The largest absolute Gasteiger partial charge is 0.390 e. The van der Waals surface area contributed by atoms with Gasteiger partial charge in [0.05, 0.1) is 18.8 Å². The minimum absolute atomic E-state index is 0.284. The summed E-state index contributed by atoms with van der Waals surface area (Å²) >= 11 is 0. The van der Waals surface area contributed by atoms with Crippen molar-refractivity contribution < 1.29 is 9.84 Å². The number of nitrogens with one attached hydrogen (secondary N) is 1. The molecule has 14 heavy (non-hydrogen) atoms. The summed E-state index contributed by atoms with van der Waals surface area (Å²) in [7, 11) is 0. The molecule has 0 aliphatic carbocycles. The molecule has 0 amide bonds. The van der Waals surface area contributed by atoms with Gasteiger partial charge in [0.15, 0.2) is 0 Å². The molecule has 2 fully saturated rings. The molecule has 0 bridgehead atoms. The summed E-state index contributed by atoms with van der Waals surface area (Å²) in [6.07, 6.45) is 3.85. The minimum atomic E-state index is -0.426. The zero-order valence-corrected chi connectivity index (χ0v) is 9.01. The van der Waals surface area contributed by atoms with Crippen molar-refractivity contribution in [2.24, 2.45) is 5.41 Å². The first-order valence-corrected chi connectivity index (χ1v) is 5.69. The van der Waals surface area contributed by atoms with Crippen molar-refractivity contribution >= 4 is 0 Å². The van der Waals surface area contributed by atoms with Gasteiger partial charge >= 0.3 is 0 Å². The van der Waals surface area contributed by atoms with Crippen LogP contribution in [0.2, 0.25) is 0 Å². The number of hydrogen-bond donors (Lipinski definition) is 2. The molecule has 0 unspecified atom stereocenters. The highest BCUT2D eigenvalue weighted by atomic mass is 16.5. The van der Waals surface area contributed by atoms with Crippen molar-refractivity contribution in [3.63, 3.8) is 0 Å². The second-order valence-corrected chi connectivity index (χ2v) is 5.00. The van der Waals surface area contributed by atoms with Gasteiger partial charge in [-0.15, -0.1) is 0 Å². The fourth-order valence-electron chi connectivity index (χ4n) is 2.59. The molecule has 0 atom stereocenters. The van der Waals surface area contributed by atoms with Gasteiger partial charge in [-0.25, -0.2) is 0 Å². The predicted octanol–water partition coefficient (Wildman–Crippen LogP) is 0.918. The summed E-state index contributed by atoms with van der Waals surface area (Å²) in [6.45, 7) is 5.81. The quantitative estimate of drug-likeness (QED) is 0.710. The van der Waals surface area contributed by atoms with Gasteiger partial charge in [0.2, 0.25) is 0 Å². The molecule has 3 heteroatoms. The smallest absolute Gasteiger partial charge is 0.0679 e. The van der Waals surface area contributed by atoms with Gasteiger partial charge in [0.25, 0.3) is 0 Å². The zero-order valence-electron chi connectivity index (χ0n) is 9.01. The second kappa shape index (κ2) is 3.80. The Bertz CT molecular complexity index is 190. The lowest BCUT2D eigenvalue weighted by Gasteiger charge is -2.47. The van der Waals surface area contributed by atoms with Crippen LogP contribution < -0.4 is 5.32 Å². The average molecular weight is 199 g/mol. The SMILES string of the molecule is CCC1(CC2(O)CCNCC2)COC1. The van der Waals surface area contributed by atoms with E-state index < -0.39 is 5.60 Å². The third-order valence-corrected chi connectivity index (χ3v) is 3.80. The van der Waals surface area contributed by atoms with Crippen molar-refractivity contribution in [1.82, 2.24) is 5.32 Å². The Morgan fingerprint density at radius 1 is 1.29 bits per heavy atom. The molecule has 0 spiro atoms. The average Bonchev–Trinajstić information content (AvgIpc) is 2.13. The fourth-order valence-corrected chi connectivity index (χ4v) is 2.59. The van der Waals surface area contributed by atoms with Crippen molar-refractivity contribution in [3.05, 3.63) is 0 Å². The molecule has 2 rings (SSSR count). The summed E-state index contributed by atoms with van der Waals surface area (Å²) in [5.74, 6) is 0. The molecule has 3 nitrogen and oxygen atoms in total. The molecule has 2 N–H and O–H groups in total. The predicted molar refractivity (Wildman–Crippen MR) is 55.2 cm³/mol. The van der Waals surface area contributed by atoms with E-state index in [0.29, 0.717) is 0 Å². The number of aliphatic hydroxyl groups is 1. The van der Waals surface area contributed by atoms with Crippen LogP contribution in [0.3, 0.4) is 0 Å². The van der Waals surface area contributed by atoms with Crippen LogP contribution in [0, 0.1) is 5.41 Å². The normalized spacial score (nSPS) is 29.6. The minimum Gasteiger partial charge on any atom is -0.390 e. The van der Waals surface area contributed by atoms with Crippen molar-refractivity contribution in [2.75, 3.05) is 26.3 Å². The number of hydrogen-bond acceptors (Lipinski definition) is 3. The summed E-state index contributed by atoms with van der Waals surface area (Å²) in [4.78, 5) is 0. The van der Waals surface area contributed by atoms with Crippen molar-refractivity contribution in [1.29, 1.82) is 0 Å². The van der Waals surface area contributed by atoms with Gasteiger partial charge in [-0.3, -0.25) is 0 Å². The van der Waals surface area contributed by atoms with Crippen LogP contribution in [0.5, 0.6) is 0 Å². The molecular weight excluding hydrogens is 178 g/mol. The number of ether oxygens (including phenoxy) is 1. The van der Waals surface area contributed by atoms with E-state index in [2.05, 4.69) is 12.2 Å². The van der Waals surface area contributed by atoms with E-state index in [9.17, 15) is 5.11 Å². The number of rotatable bonds is 3. The maximum Gasteiger partial charge on any atom is 0.0679 e. The van der Waals surface area contributed by atoms with E-state index in [1.807, 2.05) is 0 Å². The first-order chi connectivity index (χ1) is 6.68. The van der Waals surface area contributed by atoms with Crippen LogP contribution in [-0.2, 0) is 4.74 Å². The third kappa shape index (κ3) is 1.95. The maximum atomic E-state index is 10.4. The summed E-state index contributed by atoms with van der Waals surface area (Å²) in [5, 5.41) is 13.7. The van der Waals surface area contributed by atoms with Crippen molar-refractivity contribution in [3.8, 4) is 0 Å². The number of piperidine rings is 1. The van der Waals surface area contributed by atoms with Gasteiger partial charge in [-0.05, 0) is 38.8 Å². The molecular formula is C11H21NO2. The molecule has 0 radical (unpaired) electrons. The lowest BCUT2D eigenvalue weighted by molar-refractivity contribution is -0.158. The Kier molecular flexibility index (Phi) is 2.82. The van der Waals surface area contributed by atoms with Crippen LogP contribution in [0.4, 0.5) is 0 Å². The molecule has 2 aliphatic rings. The van der Waals surface area contributed by atoms with E-state index in [-0.39, 0.29) is 5.41 Å². The van der Waals surface area contributed by atoms with Crippen molar-refractivity contribution in [2.45, 2.75) is 38.2 Å². The van der Waals surface area contributed by atoms with Crippen LogP contribution in [0.15, 0.2) is 0 Å². The van der Waals surface area contributed by atoms with Crippen LogP contribution in [0.25, 0.3) is 0 Å². The van der Waals surface area contributed by atoms with Gasteiger partial charge in [-0.2, -0.15) is 0 Å². The lowest BCUT2D eigenvalue weighted by atomic mass is 9.71. The molecule has 0 aromatic heterocycles. The lowest BCUT2D eigenvalue weighted by Crippen LogP contribution is -2.51. The molecule has 0 aromatic rings. The Morgan fingerprint density at radius 3 is 2.36 bits per heavy atom. The molecule has 0 saturated carbocycles. The van der Waals surface area contributed by atoms with E-state index in [0.717, 1.165) is 52.0 Å². The van der Waals surface area contributed by atoms with Crippen LogP contribution in [0.1, 0.15) is 32.6 Å². The molecule has 2 aliphatic heterocycles. The second-order valence-electron chi connectivity index (χ2n) is 5.00. The zero-order chi connectivity index (χ0) is 10.1. The third-order valence-electron chi connectivity index (χ3n) is 3.80. The Balaban J connectivity index is 1.93. The van der Waals surface area contributed by atoms with Crippen LogP contribution >= 0.6 is 0 Å². The highest BCUT2D eigenvalue weighted by molar-refractivity contribution is 4.95. The maximum absolute atomic E-state index is 10.4. The van der Waals surface area contributed by atoms with E-state index in [4.69, 9.17) is 4.74 Å². The van der Waals surface area contributed by atoms with Gasteiger partial charge in [0, 0.05) is 5.41 Å². The molecule has 2 saturated heterocycles. The summed E-state index contributed by atoms with van der Waals surface area (Å²) in [5.41, 5.74) is -0.142. The fraction of sp³-hybridized carbons (Fsp3) is 1.00. The van der Waals surface area contributed by atoms with E-state index >= 15 is 0 Å². The van der Waals surface area contributed by atoms with Crippen LogP contribution in [-0.4, -0.2) is 37.0 Å². The first kappa shape index (κ1) is 10.4. The Morgan fingerprint density at radius 2 is 1.93 bits per heavy atom. The van der Waals surface area contributed by atoms with Gasteiger partial charge < -0.3 is 15.2 Å². The van der Waals surface area contributed by atoms with Gasteiger partial charge in [-0.1, -0.05) is 6.92 Å². The van der Waals surface area contributed by atoms with E-state index in [1.54, 1.807) is 0 Å². The summed E-state index contributed by atoms with van der Waals surface area (Å²) in [6, 6.07) is 0. The Labute approximate surface area is 85.8 Å². The summed E-state index contributed by atoms with van der Waals surface area (Å²) < 4.78 is 5.29. The topological polar surface area (TPSA) is 41.5 Å². The highest BCUT2D eigenvalue weighted by Crippen LogP contribution is 2.41. The molecule has 82 valence electrons. The monoisotopic (exact) mass is 199 g/mol. The highest BCUT2D eigenvalue weighted by Gasteiger charge is 2.44. The first-order valence-electron chi connectivity index (χ1n) is 5.69. The van der Waals surface area contributed by atoms with E-state index in [1.165, 1.54) is 0 Å². The van der Waals surface area contributed by atoms with Gasteiger partial charge in [0.1, 0.15) is 0 Å². The molecule has 0 aromatic carbocycles. The standard InChI is InChI=1S/C11H21NO2/c1-2-10(8-14-9-10)7-11(13)3-5-12-6-4-11/h12-13H,2-9H2,1H3.